The van der Waals surface area contributed by atoms with Crippen molar-refractivity contribution in [2.45, 2.75) is 49.7 Å². The van der Waals surface area contributed by atoms with E-state index in [4.69, 9.17) is 0 Å². The Bertz CT molecular complexity index is 814. The van der Waals surface area contributed by atoms with E-state index in [1.807, 2.05) is 45.0 Å². The Labute approximate surface area is 162 Å². The summed E-state index contributed by atoms with van der Waals surface area (Å²) in [5, 5.41) is 24.0. The van der Waals surface area contributed by atoms with Crippen LogP contribution >= 0.6 is 23.1 Å². The number of rotatable bonds is 7. The van der Waals surface area contributed by atoms with Crippen LogP contribution in [0.15, 0.2) is 28.6 Å². The number of thioether (sulfide) groups is 1. The van der Waals surface area contributed by atoms with Crippen LogP contribution in [0.25, 0.3) is 0 Å². The van der Waals surface area contributed by atoms with E-state index in [0.29, 0.717) is 9.47 Å². The molecule has 1 heterocycles. The van der Waals surface area contributed by atoms with Gasteiger partial charge in [0.1, 0.15) is 5.54 Å². The Morgan fingerprint density at radius 1 is 1.35 bits per heavy atom. The van der Waals surface area contributed by atoms with Crippen molar-refractivity contribution >= 4 is 39.8 Å². The lowest BCUT2D eigenvalue weighted by molar-refractivity contribution is -0.121. The molecule has 1 aromatic carbocycles. The standard InChI is InChI=1S/C18H23N5OS2/c1-11(2)18(5,10-19)21-15(24)13(4)25-17-23-22-16(26-17)20-14-8-6-7-12(3)9-14/h6-9,11,13H,1-5H3,(H,20,22)(H,21,24)/t13-,18-/m1/s1. The predicted octanol–water partition coefficient (Wildman–Crippen LogP) is 4.13. The summed E-state index contributed by atoms with van der Waals surface area (Å²) in [6.45, 7) is 9.39. The van der Waals surface area contributed by atoms with Crippen LogP contribution in [0.2, 0.25) is 0 Å². The van der Waals surface area contributed by atoms with E-state index in [9.17, 15) is 10.1 Å². The normalized spacial score (nSPS) is 14.3. The minimum atomic E-state index is -0.884. The Balaban J connectivity index is 1.97. The number of amides is 1. The molecule has 0 fully saturated rings. The molecule has 2 aromatic rings. The Morgan fingerprint density at radius 3 is 2.69 bits per heavy atom. The highest BCUT2D eigenvalue weighted by Gasteiger charge is 2.32. The quantitative estimate of drug-likeness (QED) is 0.692. The van der Waals surface area contributed by atoms with Gasteiger partial charge in [-0.3, -0.25) is 4.79 Å². The SMILES string of the molecule is Cc1cccc(Nc2nnc(S[C@H](C)C(=O)N[C@](C)(C#N)C(C)C)s2)c1. The molecule has 138 valence electrons. The van der Waals surface area contributed by atoms with Gasteiger partial charge in [-0.05, 0) is 44.4 Å². The van der Waals surface area contributed by atoms with Crippen LogP contribution in [0.1, 0.15) is 33.3 Å². The van der Waals surface area contributed by atoms with Crippen LogP contribution < -0.4 is 10.6 Å². The van der Waals surface area contributed by atoms with Crippen molar-refractivity contribution in [3.05, 3.63) is 29.8 Å². The smallest absolute Gasteiger partial charge is 0.234 e. The summed E-state index contributed by atoms with van der Waals surface area (Å²) in [6.07, 6.45) is 0. The van der Waals surface area contributed by atoms with Crippen LogP contribution in [-0.4, -0.2) is 26.9 Å². The van der Waals surface area contributed by atoms with Crippen molar-refractivity contribution in [3.63, 3.8) is 0 Å². The zero-order chi connectivity index (χ0) is 19.3. The average Bonchev–Trinajstić information content (AvgIpc) is 3.01. The molecule has 0 radical (unpaired) electrons. The van der Waals surface area contributed by atoms with Crippen molar-refractivity contribution in [3.8, 4) is 6.07 Å². The van der Waals surface area contributed by atoms with Crippen LogP contribution in [0, 0.1) is 24.2 Å². The second-order valence-electron chi connectivity index (χ2n) is 6.59. The lowest BCUT2D eigenvalue weighted by atomic mass is 9.90. The number of nitrogens with one attached hydrogen (secondary N) is 2. The van der Waals surface area contributed by atoms with Gasteiger partial charge in [0, 0.05) is 5.69 Å². The number of anilines is 2. The van der Waals surface area contributed by atoms with Gasteiger partial charge < -0.3 is 10.6 Å². The molecule has 2 N–H and O–H groups in total. The molecule has 26 heavy (non-hydrogen) atoms. The van der Waals surface area contributed by atoms with Gasteiger partial charge >= 0.3 is 0 Å². The molecule has 0 bridgehead atoms. The topological polar surface area (TPSA) is 90.7 Å². The van der Waals surface area contributed by atoms with E-state index < -0.39 is 5.54 Å². The molecule has 2 rings (SSSR count). The predicted molar refractivity (Wildman–Crippen MR) is 107 cm³/mol. The third kappa shape index (κ3) is 5.19. The molecular formula is C18H23N5OS2. The van der Waals surface area contributed by atoms with Gasteiger partial charge in [0.2, 0.25) is 11.0 Å². The summed E-state index contributed by atoms with van der Waals surface area (Å²) in [7, 11) is 0. The zero-order valence-electron chi connectivity index (χ0n) is 15.5. The molecule has 0 saturated heterocycles. The summed E-state index contributed by atoms with van der Waals surface area (Å²) < 4.78 is 0.700. The fraction of sp³-hybridized carbons (Fsp3) is 0.444. The number of nitrogens with zero attached hydrogens (tertiary/aromatic N) is 3. The zero-order valence-corrected chi connectivity index (χ0v) is 17.2. The number of carbonyl (C=O) groups excluding carboxylic acids is 1. The van der Waals surface area contributed by atoms with Crippen molar-refractivity contribution in [2.24, 2.45) is 5.92 Å². The number of aryl methyl sites for hydroxylation is 1. The number of hydrogen-bond donors (Lipinski definition) is 2. The van der Waals surface area contributed by atoms with Gasteiger partial charge in [0.05, 0.1) is 11.3 Å². The third-order valence-corrected chi connectivity index (χ3v) is 6.12. The van der Waals surface area contributed by atoms with Crippen LogP contribution in [0.4, 0.5) is 10.8 Å². The second-order valence-corrected chi connectivity index (χ2v) is 9.15. The molecular weight excluding hydrogens is 366 g/mol. The first kappa shape index (κ1) is 20.2. The largest absolute Gasteiger partial charge is 0.337 e. The van der Waals surface area contributed by atoms with Crippen LogP contribution in [0.5, 0.6) is 0 Å². The lowest BCUT2D eigenvalue weighted by Gasteiger charge is -2.28. The third-order valence-electron chi connectivity index (χ3n) is 4.09. The van der Waals surface area contributed by atoms with Crippen molar-refractivity contribution in [2.75, 3.05) is 5.32 Å². The fourth-order valence-corrected chi connectivity index (χ4v) is 3.93. The first-order valence-corrected chi connectivity index (χ1v) is 10.00. The van der Waals surface area contributed by atoms with Gasteiger partial charge in [-0.25, -0.2) is 0 Å². The second kappa shape index (κ2) is 8.52. The lowest BCUT2D eigenvalue weighted by Crippen LogP contribution is -2.51. The molecule has 0 saturated carbocycles. The van der Waals surface area contributed by atoms with E-state index in [1.165, 1.54) is 23.1 Å². The van der Waals surface area contributed by atoms with E-state index in [0.717, 1.165) is 11.3 Å². The van der Waals surface area contributed by atoms with Gasteiger partial charge in [-0.2, -0.15) is 5.26 Å². The van der Waals surface area contributed by atoms with Crippen molar-refractivity contribution < 1.29 is 4.79 Å². The summed E-state index contributed by atoms with van der Waals surface area (Å²) in [6, 6.07) is 10.2. The number of nitriles is 1. The first-order chi connectivity index (χ1) is 12.2. The molecule has 2 atom stereocenters. The van der Waals surface area contributed by atoms with E-state index in [-0.39, 0.29) is 17.1 Å². The van der Waals surface area contributed by atoms with Gasteiger partial charge in [0.25, 0.3) is 0 Å². The van der Waals surface area contributed by atoms with Crippen molar-refractivity contribution in [1.82, 2.24) is 15.5 Å². The fourth-order valence-electron chi connectivity index (χ4n) is 2.02. The monoisotopic (exact) mass is 389 g/mol. The highest BCUT2D eigenvalue weighted by atomic mass is 32.2. The first-order valence-electron chi connectivity index (χ1n) is 8.30. The Morgan fingerprint density at radius 2 is 2.08 bits per heavy atom. The van der Waals surface area contributed by atoms with Gasteiger partial charge in [0.15, 0.2) is 4.34 Å². The Hall–Kier alpha value is -2.11. The van der Waals surface area contributed by atoms with E-state index >= 15 is 0 Å². The van der Waals surface area contributed by atoms with Gasteiger partial charge in [-0.1, -0.05) is 49.1 Å². The molecule has 1 aromatic heterocycles. The molecule has 8 heteroatoms. The molecule has 0 aliphatic rings. The molecule has 0 spiro atoms. The minimum Gasteiger partial charge on any atom is -0.337 e. The minimum absolute atomic E-state index is 0.0142. The summed E-state index contributed by atoms with van der Waals surface area (Å²) in [4.78, 5) is 12.4. The number of hydrogen-bond acceptors (Lipinski definition) is 7. The highest BCUT2D eigenvalue weighted by molar-refractivity contribution is 8.02. The summed E-state index contributed by atoms with van der Waals surface area (Å²) in [5.74, 6) is -0.170. The number of benzene rings is 1. The molecule has 0 aliphatic carbocycles. The maximum absolute atomic E-state index is 12.4. The summed E-state index contributed by atoms with van der Waals surface area (Å²) in [5.41, 5.74) is 1.22. The number of carbonyl (C=O) groups is 1. The molecule has 0 unspecified atom stereocenters. The highest BCUT2D eigenvalue weighted by Crippen LogP contribution is 2.31. The van der Waals surface area contributed by atoms with Crippen LogP contribution in [-0.2, 0) is 4.79 Å². The Kier molecular flexibility index (Phi) is 6.62. The van der Waals surface area contributed by atoms with E-state index in [1.54, 1.807) is 13.8 Å². The molecule has 1 amide bonds. The molecule has 6 nitrogen and oxygen atoms in total. The van der Waals surface area contributed by atoms with Gasteiger partial charge in [-0.15, -0.1) is 10.2 Å². The molecule has 0 aliphatic heterocycles. The van der Waals surface area contributed by atoms with E-state index in [2.05, 4.69) is 26.9 Å². The summed E-state index contributed by atoms with van der Waals surface area (Å²) >= 11 is 2.73. The maximum atomic E-state index is 12.4. The van der Waals surface area contributed by atoms with Crippen LogP contribution in [0.3, 0.4) is 0 Å². The number of aromatic nitrogens is 2. The average molecular weight is 390 g/mol. The van der Waals surface area contributed by atoms with Crippen molar-refractivity contribution in [1.29, 1.82) is 5.26 Å². The maximum Gasteiger partial charge on any atom is 0.234 e.